The number of rotatable bonds is 8. The molecule has 1 aliphatic rings. The largest absolute Gasteiger partial charge is 0.409 e. The third-order valence-corrected chi connectivity index (χ3v) is 4.02. The average Bonchev–Trinajstić information content (AvgIpc) is 2.90. The van der Waals surface area contributed by atoms with Crippen molar-refractivity contribution in [2.24, 2.45) is 16.3 Å². The van der Waals surface area contributed by atoms with E-state index < -0.39 is 0 Å². The van der Waals surface area contributed by atoms with E-state index in [1.807, 2.05) is 13.8 Å². The second kappa shape index (κ2) is 7.70. The Kier molecular flexibility index (Phi) is 6.58. The number of oxime groups is 1. The van der Waals surface area contributed by atoms with Crippen molar-refractivity contribution >= 4 is 5.84 Å². The number of nitrogens with two attached hydrogens (primary N) is 1. The van der Waals surface area contributed by atoms with E-state index >= 15 is 0 Å². The predicted octanol–water partition coefficient (Wildman–Crippen LogP) is 2.09. The van der Waals surface area contributed by atoms with Crippen molar-refractivity contribution in [2.75, 3.05) is 13.2 Å². The van der Waals surface area contributed by atoms with Crippen LogP contribution in [0.25, 0.3) is 0 Å². The third-order valence-electron chi connectivity index (χ3n) is 4.02. The third kappa shape index (κ3) is 5.37. The molecule has 1 aliphatic heterocycles. The van der Waals surface area contributed by atoms with Gasteiger partial charge in [0.1, 0.15) is 5.84 Å². The van der Waals surface area contributed by atoms with Crippen LogP contribution in [-0.2, 0) is 4.74 Å². The molecule has 2 atom stereocenters. The Morgan fingerprint density at radius 2 is 2.26 bits per heavy atom. The van der Waals surface area contributed by atoms with Crippen molar-refractivity contribution in [3.05, 3.63) is 0 Å². The van der Waals surface area contributed by atoms with E-state index in [1.54, 1.807) is 0 Å². The summed E-state index contributed by atoms with van der Waals surface area (Å²) in [5, 5.41) is 15.3. The highest BCUT2D eigenvalue weighted by molar-refractivity contribution is 5.85. The highest BCUT2D eigenvalue weighted by atomic mass is 16.5. The van der Waals surface area contributed by atoms with Crippen LogP contribution < -0.4 is 11.1 Å². The molecule has 0 aromatic carbocycles. The molecule has 19 heavy (non-hydrogen) atoms. The molecule has 5 heteroatoms. The molecule has 0 bridgehead atoms. The lowest BCUT2D eigenvalue weighted by molar-refractivity contribution is 0.0836. The van der Waals surface area contributed by atoms with Crippen molar-refractivity contribution in [2.45, 2.75) is 65.0 Å². The summed E-state index contributed by atoms with van der Waals surface area (Å²) < 4.78 is 5.65. The molecule has 0 aromatic rings. The van der Waals surface area contributed by atoms with Gasteiger partial charge in [-0.1, -0.05) is 25.4 Å². The van der Waals surface area contributed by atoms with E-state index in [1.165, 1.54) is 12.8 Å². The van der Waals surface area contributed by atoms with E-state index in [9.17, 15) is 0 Å². The summed E-state index contributed by atoms with van der Waals surface area (Å²) in [5.41, 5.74) is 5.44. The maximum absolute atomic E-state index is 8.70. The standard InChI is InChI=1S/C14H29N3O2/c1-11(12-7-6-10-19-12)16-9-5-4-8-14(2,3)13(15)17-18/h11-12,16,18H,4-10H2,1-3H3,(H2,15,17). The van der Waals surface area contributed by atoms with E-state index in [4.69, 9.17) is 15.7 Å². The van der Waals surface area contributed by atoms with Crippen LogP contribution in [0.4, 0.5) is 0 Å². The van der Waals surface area contributed by atoms with Gasteiger partial charge in [-0.2, -0.15) is 0 Å². The zero-order valence-corrected chi connectivity index (χ0v) is 12.5. The minimum absolute atomic E-state index is 0.227. The van der Waals surface area contributed by atoms with E-state index in [2.05, 4.69) is 17.4 Å². The SMILES string of the molecule is CC(NCCCCC(C)(C)C(N)=NO)C1CCCO1. The molecule has 0 spiro atoms. The van der Waals surface area contributed by atoms with Gasteiger partial charge in [-0.05, 0) is 39.2 Å². The lowest BCUT2D eigenvalue weighted by atomic mass is 9.86. The van der Waals surface area contributed by atoms with E-state index in [-0.39, 0.29) is 5.41 Å². The van der Waals surface area contributed by atoms with Gasteiger partial charge in [0, 0.05) is 18.1 Å². The van der Waals surface area contributed by atoms with Crippen molar-refractivity contribution in [3.8, 4) is 0 Å². The Morgan fingerprint density at radius 1 is 1.53 bits per heavy atom. The van der Waals surface area contributed by atoms with Gasteiger partial charge in [-0.25, -0.2) is 0 Å². The summed E-state index contributed by atoms with van der Waals surface area (Å²) in [6, 6.07) is 0.430. The topological polar surface area (TPSA) is 79.9 Å². The smallest absolute Gasteiger partial charge is 0.144 e. The average molecular weight is 271 g/mol. The summed E-state index contributed by atoms with van der Waals surface area (Å²) in [7, 11) is 0. The summed E-state index contributed by atoms with van der Waals surface area (Å²) in [4.78, 5) is 0. The normalized spacial score (nSPS) is 22.7. The number of ether oxygens (including phenoxy) is 1. The first-order valence-corrected chi connectivity index (χ1v) is 7.30. The Hall–Kier alpha value is -0.810. The monoisotopic (exact) mass is 271 g/mol. The van der Waals surface area contributed by atoms with Crippen molar-refractivity contribution < 1.29 is 9.94 Å². The molecule has 1 heterocycles. The first kappa shape index (κ1) is 16.2. The van der Waals surface area contributed by atoms with Gasteiger partial charge in [0.2, 0.25) is 0 Å². The minimum Gasteiger partial charge on any atom is -0.409 e. The molecule has 0 saturated carbocycles. The lowest BCUT2D eigenvalue weighted by Crippen LogP contribution is -2.37. The molecule has 4 N–H and O–H groups in total. The Morgan fingerprint density at radius 3 is 2.84 bits per heavy atom. The quantitative estimate of drug-likeness (QED) is 0.208. The predicted molar refractivity (Wildman–Crippen MR) is 77.5 cm³/mol. The number of hydrogen-bond acceptors (Lipinski definition) is 4. The van der Waals surface area contributed by atoms with Crippen LogP contribution in [0.5, 0.6) is 0 Å². The van der Waals surface area contributed by atoms with E-state index in [0.717, 1.165) is 32.4 Å². The van der Waals surface area contributed by atoms with Gasteiger partial charge in [0.15, 0.2) is 0 Å². The maximum atomic E-state index is 8.70. The molecule has 1 rings (SSSR count). The first-order chi connectivity index (χ1) is 8.97. The fourth-order valence-electron chi connectivity index (χ4n) is 2.41. The summed E-state index contributed by atoms with van der Waals surface area (Å²) in [6.07, 6.45) is 5.83. The van der Waals surface area contributed by atoms with Gasteiger partial charge >= 0.3 is 0 Å². The van der Waals surface area contributed by atoms with Gasteiger partial charge < -0.3 is 21.0 Å². The molecule has 0 aliphatic carbocycles. The van der Waals surface area contributed by atoms with Gasteiger partial charge in [-0.3, -0.25) is 0 Å². The van der Waals surface area contributed by atoms with Crippen LogP contribution >= 0.6 is 0 Å². The summed E-state index contributed by atoms with van der Waals surface area (Å²) >= 11 is 0. The molecule has 2 unspecified atom stereocenters. The Balaban J connectivity index is 2.10. The highest BCUT2D eigenvalue weighted by Gasteiger charge is 2.23. The molecule has 1 fully saturated rings. The zero-order valence-electron chi connectivity index (χ0n) is 12.5. The molecule has 0 radical (unpaired) electrons. The van der Waals surface area contributed by atoms with Gasteiger partial charge in [-0.15, -0.1) is 0 Å². The molecular formula is C14H29N3O2. The maximum Gasteiger partial charge on any atom is 0.144 e. The first-order valence-electron chi connectivity index (χ1n) is 7.30. The number of unbranched alkanes of at least 4 members (excludes halogenated alkanes) is 1. The fraction of sp³-hybridized carbons (Fsp3) is 0.929. The van der Waals surface area contributed by atoms with E-state index in [0.29, 0.717) is 18.0 Å². The molecule has 5 nitrogen and oxygen atoms in total. The molecular weight excluding hydrogens is 242 g/mol. The van der Waals surface area contributed by atoms with Crippen molar-refractivity contribution in [3.63, 3.8) is 0 Å². The zero-order chi connectivity index (χ0) is 14.3. The van der Waals surface area contributed by atoms with Crippen LogP contribution in [0, 0.1) is 5.41 Å². The molecule has 1 saturated heterocycles. The van der Waals surface area contributed by atoms with Crippen LogP contribution in [0.3, 0.4) is 0 Å². The molecule has 0 amide bonds. The highest BCUT2D eigenvalue weighted by Crippen LogP contribution is 2.23. The summed E-state index contributed by atoms with van der Waals surface area (Å²) in [5.74, 6) is 0.313. The summed E-state index contributed by atoms with van der Waals surface area (Å²) in [6.45, 7) is 8.10. The Labute approximate surface area is 116 Å². The van der Waals surface area contributed by atoms with Crippen LogP contribution in [0.15, 0.2) is 5.16 Å². The minimum atomic E-state index is -0.227. The molecule has 0 aromatic heterocycles. The molecule has 112 valence electrons. The fourth-order valence-corrected chi connectivity index (χ4v) is 2.41. The Bertz CT molecular complexity index is 286. The lowest BCUT2D eigenvalue weighted by Gasteiger charge is -2.23. The second-order valence-electron chi connectivity index (χ2n) is 6.12. The van der Waals surface area contributed by atoms with Crippen molar-refractivity contribution in [1.82, 2.24) is 5.32 Å². The van der Waals surface area contributed by atoms with Crippen molar-refractivity contribution in [1.29, 1.82) is 0 Å². The van der Waals surface area contributed by atoms with Gasteiger partial charge in [0.25, 0.3) is 0 Å². The van der Waals surface area contributed by atoms with Gasteiger partial charge in [0.05, 0.1) is 6.10 Å². The second-order valence-corrected chi connectivity index (χ2v) is 6.12. The van der Waals surface area contributed by atoms with Crippen LogP contribution in [0.1, 0.15) is 52.9 Å². The number of nitrogens with zero attached hydrogens (tertiary/aromatic N) is 1. The number of amidine groups is 1. The van der Waals surface area contributed by atoms with Crippen LogP contribution in [-0.4, -0.2) is 36.3 Å². The number of nitrogens with one attached hydrogen (secondary N) is 1. The number of hydrogen-bond donors (Lipinski definition) is 3. The van der Waals surface area contributed by atoms with Crippen LogP contribution in [0.2, 0.25) is 0 Å².